The van der Waals surface area contributed by atoms with E-state index in [4.69, 9.17) is 4.74 Å². The zero-order valence-electron chi connectivity index (χ0n) is 10.8. The number of hydrogen-bond acceptors (Lipinski definition) is 4. The van der Waals surface area contributed by atoms with Gasteiger partial charge in [0.2, 0.25) is 0 Å². The fourth-order valence-corrected chi connectivity index (χ4v) is 2.89. The molecule has 0 amide bonds. The lowest BCUT2D eigenvalue weighted by molar-refractivity contribution is 0.0644. The third-order valence-electron chi connectivity index (χ3n) is 2.58. The Kier molecular flexibility index (Phi) is 5.38. The first kappa shape index (κ1) is 13.6. The Morgan fingerprint density at radius 3 is 2.62 bits per heavy atom. The van der Waals surface area contributed by atoms with Crippen molar-refractivity contribution in [2.75, 3.05) is 13.7 Å². The second-order valence-corrected chi connectivity index (χ2v) is 5.37. The number of nitrogens with zero attached hydrogens (tertiary/aromatic N) is 1. The van der Waals surface area contributed by atoms with Gasteiger partial charge in [0, 0.05) is 24.2 Å². The molecule has 0 aliphatic carbocycles. The fraction of sp³-hybridized carbons (Fsp3) is 0.750. The molecule has 0 aliphatic rings. The van der Waals surface area contributed by atoms with Gasteiger partial charge in [-0.3, -0.25) is 0 Å². The van der Waals surface area contributed by atoms with Crippen LogP contribution in [0.25, 0.3) is 0 Å². The molecule has 0 saturated carbocycles. The van der Waals surface area contributed by atoms with Crippen LogP contribution in [0.5, 0.6) is 0 Å². The van der Waals surface area contributed by atoms with Crippen molar-refractivity contribution in [3.63, 3.8) is 0 Å². The Labute approximate surface area is 102 Å². The molecular formula is C12H22N2OS. The Morgan fingerprint density at radius 2 is 2.12 bits per heavy atom. The summed E-state index contributed by atoms with van der Waals surface area (Å²) >= 11 is 1.74. The number of nitrogens with one attached hydrogen (secondary N) is 1. The Hall–Kier alpha value is -0.450. The van der Waals surface area contributed by atoms with Crippen molar-refractivity contribution in [1.29, 1.82) is 0 Å². The van der Waals surface area contributed by atoms with Gasteiger partial charge in [0.25, 0.3) is 0 Å². The molecule has 0 bridgehead atoms. The maximum atomic E-state index is 5.48. The quantitative estimate of drug-likeness (QED) is 0.832. The molecule has 1 aromatic rings. The molecule has 1 aromatic heterocycles. The molecule has 0 spiro atoms. The lowest BCUT2D eigenvalue weighted by atomic mass is 10.1. The highest BCUT2D eigenvalue weighted by Crippen LogP contribution is 2.30. The van der Waals surface area contributed by atoms with E-state index in [0.29, 0.717) is 12.0 Å². The summed E-state index contributed by atoms with van der Waals surface area (Å²) in [6.45, 7) is 9.57. The summed E-state index contributed by atoms with van der Waals surface area (Å²) in [5.41, 5.74) is 0. The van der Waals surface area contributed by atoms with Gasteiger partial charge in [0.15, 0.2) is 0 Å². The molecule has 0 aliphatic heterocycles. The standard InChI is InChI=1S/C12H22N2OS/c1-6-13-9(4)10-7-14-12(16-10)11(15-5)8(2)3/h7-9,11,13H,6H2,1-5H3. The summed E-state index contributed by atoms with van der Waals surface area (Å²) < 4.78 is 5.48. The third kappa shape index (κ3) is 3.27. The van der Waals surface area contributed by atoms with E-state index in [-0.39, 0.29) is 6.10 Å². The number of hydrogen-bond donors (Lipinski definition) is 1. The Balaban J connectivity index is 2.77. The molecular weight excluding hydrogens is 220 g/mol. The predicted octanol–water partition coefficient (Wildman–Crippen LogP) is 3.16. The van der Waals surface area contributed by atoms with Gasteiger partial charge in [0.1, 0.15) is 11.1 Å². The largest absolute Gasteiger partial charge is 0.374 e. The van der Waals surface area contributed by atoms with Crippen molar-refractivity contribution >= 4 is 11.3 Å². The van der Waals surface area contributed by atoms with Gasteiger partial charge < -0.3 is 10.1 Å². The highest BCUT2D eigenvalue weighted by molar-refractivity contribution is 7.11. The van der Waals surface area contributed by atoms with Gasteiger partial charge in [0.05, 0.1) is 0 Å². The minimum Gasteiger partial charge on any atom is -0.374 e. The minimum absolute atomic E-state index is 0.118. The van der Waals surface area contributed by atoms with Gasteiger partial charge in [-0.25, -0.2) is 4.98 Å². The van der Waals surface area contributed by atoms with E-state index in [2.05, 4.69) is 38.0 Å². The normalized spacial score (nSPS) is 15.4. The molecule has 16 heavy (non-hydrogen) atoms. The first-order chi connectivity index (χ1) is 7.60. The van der Waals surface area contributed by atoms with Gasteiger partial charge >= 0.3 is 0 Å². The topological polar surface area (TPSA) is 34.2 Å². The molecule has 2 atom stereocenters. The van der Waals surface area contributed by atoms with Crippen molar-refractivity contribution in [3.05, 3.63) is 16.1 Å². The van der Waals surface area contributed by atoms with Crippen LogP contribution in [0.4, 0.5) is 0 Å². The zero-order chi connectivity index (χ0) is 12.1. The van der Waals surface area contributed by atoms with Crippen molar-refractivity contribution in [1.82, 2.24) is 10.3 Å². The van der Waals surface area contributed by atoms with Crippen LogP contribution in [0.3, 0.4) is 0 Å². The SMILES string of the molecule is CCNC(C)c1cnc(C(OC)C(C)C)s1. The molecule has 1 N–H and O–H groups in total. The number of aromatic nitrogens is 1. The van der Waals surface area contributed by atoms with Gasteiger partial charge in [-0.1, -0.05) is 20.8 Å². The van der Waals surface area contributed by atoms with Crippen LogP contribution in [0.15, 0.2) is 6.20 Å². The summed E-state index contributed by atoms with van der Waals surface area (Å²) in [6.07, 6.45) is 2.08. The van der Waals surface area contributed by atoms with Crippen molar-refractivity contribution in [2.45, 2.75) is 39.8 Å². The Bertz CT molecular complexity index is 312. The lowest BCUT2D eigenvalue weighted by Gasteiger charge is -2.16. The molecule has 0 aromatic carbocycles. The zero-order valence-corrected chi connectivity index (χ0v) is 11.6. The van der Waals surface area contributed by atoms with E-state index in [9.17, 15) is 0 Å². The number of ether oxygens (including phenoxy) is 1. The van der Waals surface area contributed by atoms with Gasteiger partial charge in [-0.15, -0.1) is 11.3 Å². The van der Waals surface area contributed by atoms with E-state index in [0.717, 1.165) is 11.6 Å². The summed E-state index contributed by atoms with van der Waals surface area (Å²) in [7, 11) is 1.75. The number of rotatable bonds is 6. The summed E-state index contributed by atoms with van der Waals surface area (Å²) in [5.74, 6) is 0.457. The van der Waals surface area contributed by atoms with E-state index >= 15 is 0 Å². The van der Waals surface area contributed by atoms with E-state index in [1.54, 1.807) is 18.4 Å². The van der Waals surface area contributed by atoms with Gasteiger partial charge in [-0.2, -0.15) is 0 Å². The Morgan fingerprint density at radius 1 is 1.44 bits per heavy atom. The highest BCUT2D eigenvalue weighted by atomic mass is 32.1. The average molecular weight is 242 g/mol. The summed E-state index contributed by atoms with van der Waals surface area (Å²) in [5, 5.41) is 4.47. The van der Waals surface area contributed by atoms with Crippen LogP contribution in [0, 0.1) is 5.92 Å². The molecule has 3 nitrogen and oxygen atoms in total. The fourth-order valence-electron chi connectivity index (χ4n) is 1.70. The summed E-state index contributed by atoms with van der Waals surface area (Å²) in [6, 6.07) is 0.376. The van der Waals surface area contributed by atoms with Crippen LogP contribution in [0.1, 0.15) is 49.7 Å². The molecule has 1 rings (SSSR count). The average Bonchev–Trinajstić information content (AvgIpc) is 2.68. The monoisotopic (exact) mass is 242 g/mol. The van der Waals surface area contributed by atoms with Crippen LogP contribution in [0.2, 0.25) is 0 Å². The first-order valence-corrected chi connectivity index (χ1v) is 6.63. The van der Waals surface area contributed by atoms with Crippen molar-refractivity contribution < 1.29 is 4.74 Å². The number of methoxy groups -OCH3 is 1. The van der Waals surface area contributed by atoms with Crippen LogP contribution >= 0.6 is 11.3 Å². The molecule has 4 heteroatoms. The first-order valence-electron chi connectivity index (χ1n) is 5.81. The lowest BCUT2D eigenvalue weighted by Crippen LogP contribution is -2.16. The minimum atomic E-state index is 0.118. The maximum absolute atomic E-state index is 5.48. The van der Waals surface area contributed by atoms with Crippen molar-refractivity contribution in [3.8, 4) is 0 Å². The third-order valence-corrected chi connectivity index (χ3v) is 3.82. The van der Waals surface area contributed by atoms with E-state index in [1.807, 2.05) is 6.20 Å². The maximum Gasteiger partial charge on any atom is 0.122 e. The molecule has 92 valence electrons. The molecule has 1 heterocycles. The van der Waals surface area contributed by atoms with E-state index < -0.39 is 0 Å². The second-order valence-electron chi connectivity index (χ2n) is 4.28. The van der Waals surface area contributed by atoms with Crippen molar-refractivity contribution in [2.24, 2.45) is 5.92 Å². The van der Waals surface area contributed by atoms with Crippen LogP contribution in [-0.2, 0) is 4.74 Å². The molecule has 0 radical (unpaired) electrons. The predicted molar refractivity (Wildman–Crippen MR) is 68.8 cm³/mol. The second kappa shape index (κ2) is 6.33. The molecule has 0 saturated heterocycles. The molecule has 0 fully saturated rings. The highest BCUT2D eigenvalue weighted by Gasteiger charge is 2.19. The van der Waals surface area contributed by atoms with Crippen LogP contribution < -0.4 is 5.32 Å². The smallest absolute Gasteiger partial charge is 0.122 e. The van der Waals surface area contributed by atoms with E-state index in [1.165, 1.54) is 4.88 Å². The van der Waals surface area contributed by atoms with Crippen LogP contribution in [-0.4, -0.2) is 18.6 Å². The number of thiazole rings is 1. The van der Waals surface area contributed by atoms with Gasteiger partial charge in [-0.05, 0) is 19.4 Å². The summed E-state index contributed by atoms with van der Waals surface area (Å²) in [4.78, 5) is 5.74. The molecule has 2 unspecified atom stereocenters.